The van der Waals surface area contributed by atoms with Gasteiger partial charge in [0.15, 0.2) is 11.4 Å². The van der Waals surface area contributed by atoms with Crippen molar-refractivity contribution >= 4 is 52.7 Å². The molecule has 0 bridgehead atoms. The molecule has 0 spiro atoms. The first-order chi connectivity index (χ1) is 19.0. The minimum atomic E-state index is -0.325. The number of fused-ring (bicyclic) bond motifs is 3. The van der Waals surface area contributed by atoms with E-state index >= 15 is 0 Å². The first-order valence-electron chi connectivity index (χ1n) is 11.6. The fraction of sp³-hybridized carbons (Fsp3) is 0. The molecule has 0 saturated carbocycles. The molecule has 3 aromatic carbocycles. The molecular weight excluding hydrogens is 577 g/mol. The van der Waals surface area contributed by atoms with Gasteiger partial charge in [-0.25, -0.2) is 0 Å². The zero-order valence-electron chi connectivity index (χ0n) is 21.6. The third-order valence-corrected chi connectivity index (χ3v) is 5.88. The summed E-state index contributed by atoms with van der Waals surface area (Å²) in [7, 11) is 0. The number of carbonyl (C=O) groups excluding carboxylic acids is 3. The Kier molecular flexibility index (Phi) is 12.5. The van der Waals surface area contributed by atoms with Crippen LogP contribution in [0.2, 0.25) is 0 Å². The minimum absolute atomic E-state index is 0. The van der Waals surface area contributed by atoms with Crippen LogP contribution >= 0.6 is 0 Å². The van der Waals surface area contributed by atoms with E-state index in [1.54, 1.807) is 54.6 Å². The van der Waals surface area contributed by atoms with Gasteiger partial charge in [-0.1, -0.05) is 101 Å². The quantitative estimate of drug-likeness (QED) is 0.228. The van der Waals surface area contributed by atoms with Crippen LogP contribution in [0.5, 0.6) is 0 Å². The van der Waals surface area contributed by atoms with Crippen molar-refractivity contribution in [3.63, 3.8) is 0 Å². The SMILES string of the molecule is O=C1C=Cc2ccccc2/C1=N/O.O=C1C=Cc2ccccc2/C1=N/O.O=C1C=Cc2ccccc2/C1=N/[O-].[Fe].[Na+]. The normalized spacial score (nSPS) is 16.7. The average Bonchev–Trinajstić information content (AvgIpc) is 2.98. The molecule has 3 aliphatic carbocycles. The van der Waals surface area contributed by atoms with Crippen molar-refractivity contribution in [2.24, 2.45) is 15.5 Å². The first-order valence-corrected chi connectivity index (χ1v) is 11.6. The topological polar surface area (TPSA) is 152 Å². The molecule has 41 heavy (non-hydrogen) atoms. The number of hydrogen-bond acceptors (Lipinski definition) is 9. The van der Waals surface area contributed by atoms with Crippen molar-refractivity contribution in [3.8, 4) is 0 Å². The Bertz CT molecular complexity index is 1460. The van der Waals surface area contributed by atoms with E-state index in [2.05, 4.69) is 15.5 Å². The van der Waals surface area contributed by atoms with Gasteiger partial charge in [-0.2, -0.15) is 0 Å². The van der Waals surface area contributed by atoms with Crippen LogP contribution in [0, 0.1) is 5.21 Å². The second-order valence-electron chi connectivity index (χ2n) is 8.19. The maximum atomic E-state index is 11.2. The third kappa shape index (κ3) is 7.52. The number of ketones is 3. The van der Waals surface area contributed by atoms with E-state index in [1.807, 2.05) is 36.4 Å². The summed E-state index contributed by atoms with van der Waals surface area (Å²) in [4.78, 5) is 33.6. The zero-order chi connectivity index (χ0) is 27.8. The Hall–Kier alpha value is -4.18. The molecule has 0 atom stereocenters. The Morgan fingerprint density at radius 1 is 0.488 bits per heavy atom. The van der Waals surface area contributed by atoms with Crippen molar-refractivity contribution in [1.29, 1.82) is 0 Å². The standard InChI is InChI=1S/3C10H7NO2.Fe.Na/c3*12-9-6-5-7-3-1-2-4-8(7)10(9)11-13;;/h3*1-6,13H;;/q;;;;+1/p-1/b3*11-10-;;. The van der Waals surface area contributed by atoms with Gasteiger partial charge in [-0.3, -0.25) is 14.4 Å². The summed E-state index contributed by atoms with van der Waals surface area (Å²) >= 11 is 0. The van der Waals surface area contributed by atoms with Crippen LogP contribution in [0.3, 0.4) is 0 Å². The van der Waals surface area contributed by atoms with E-state index in [0.29, 0.717) is 16.7 Å². The monoisotopic (exact) mass is 597 g/mol. The van der Waals surface area contributed by atoms with Gasteiger partial charge >= 0.3 is 29.6 Å². The van der Waals surface area contributed by atoms with Crippen LogP contribution in [0.1, 0.15) is 33.4 Å². The summed E-state index contributed by atoms with van der Waals surface area (Å²) in [5.74, 6) is -0.851. The van der Waals surface area contributed by atoms with Gasteiger partial charge in [-0.15, -0.1) is 0 Å². The van der Waals surface area contributed by atoms with E-state index in [-0.39, 0.29) is 81.1 Å². The van der Waals surface area contributed by atoms with Crippen molar-refractivity contribution in [2.45, 2.75) is 0 Å². The van der Waals surface area contributed by atoms with Gasteiger partial charge in [0.25, 0.3) is 0 Å². The summed E-state index contributed by atoms with van der Waals surface area (Å²) < 4.78 is 0. The van der Waals surface area contributed by atoms with E-state index in [9.17, 15) is 19.6 Å². The molecule has 11 heteroatoms. The van der Waals surface area contributed by atoms with Gasteiger partial charge in [0.05, 0.1) is 0 Å². The van der Waals surface area contributed by atoms with Gasteiger partial charge in [-0.05, 0) is 34.9 Å². The van der Waals surface area contributed by atoms with E-state index < -0.39 is 0 Å². The molecule has 200 valence electrons. The molecule has 2 N–H and O–H groups in total. The summed E-state index contributed by atoms with van der Waals surface area (Å²) in [6.45, 7) is 0. The number of benzene rings is 3. The van der Waals surface area contributed by atoms with Crippen molar-refractivity contribution < 1.29 is 71.4 Å². The third-order valence-electron chi connectivity index (χ3n) is 5.88. The molecule has 0 radical (unpaired) electrons. The molecule has 9 nitrogen and oxygen atoms in total. The molecule has 3 aromatic rings. The second-order valence-corrected chi connectivity index (χ2v) is 8.19. The number of allylic oxidation sites excluding steroid dienone is 3. The second kappa shape index (κ2) is 15.6. The number of rotatable bonds is 0. The maximum absolute atomic E-state index is 11.2. The molecule has 0 saturated heterocycles. The van der Waals surface area contributed by atoms with E-state index in [4.69, 9.17) is 10.4 Å². The van der Waals surface area contributed by atoms with Gasteiger partial charge in [0.2, 0.25) is 17.3 Å². The Morgan fingerprint density at radius 2 is 0.780 bits per heavy atom. The zero-order valence-corrected chi connectivity index (χ0v) is 24.7. The minimum Gasteiger partial charge on any atom is -0.791 e. The van der Waals surface area contributed by atoms with Crippen LogP contribution in [0.25, 0.3) is 18.2 Å². The van der Waals surface area contributed by atoms with E-state index in [1.165, 1.54) is 18.2 Å². The van der Waals surface area contributed by atoms with E-state index in [0.717, 1.165) is 16.7 Å². The maximum Gasteiger partial charge on any atom is 1.00 e. The molecule has 0 heterocycles. The smallest absolute Gasteiger partial charge is 0.791 e. The largest absolute Gasteiger partial charge is 1.00 e. The summed E-state index contributed by atoms with van der Waals surface area (Å²) in [6.07, 6.45) is 9.28. The van der Waals surface area contributed by atoms with Crippen molar-refractivity contribution in [2.75, 3.05) is 0 Å². The summed E-state index contributed by atoms with van der Waals surface area (Å²) in [6, 6.07) is 21.8. The number of nitrogens with zero attached hydrogens (tertiary/aromatic N) is 3. The van der Waals surface area contributed by atoms with Crippen LogP contribution < -0.4 is 29.6 Å². The Labute approximate surface area is 267 Å². The average molecular weight is 597 g/mol. The molecule has 0 amide bonds. The van der Waals surface area contributed by atoms with Crippen molar-refractivity contribution in [1.82, 2.24) is 0 Å². The predicted molar refractivity (Wildman–Crippen MR) is 148 cm³/mol. The van der Waals surface area contributed by atoms with Crippen LogP contribution in [-0.2, 0) is 31.5 Å². The predicted octanol–water partition coefficient (Wildman–Crippen LogP) is 1.49. The first kappa shape index (κ1) is 33.0. The molecule has 6 rings (SSSR count). The van der Waals surface area contributed by atoms with Gasteiger partial charge in [0, 0.05) is 33.8 Å². The van der Waals surface area contributed by atoms with Gasteiger partial charge < -0.3 is 20.8 Å². The van der Waals surface area contributed by atoms with Crippen molar-refractivity contribution in [3.05, 3.63) is 130 Å². The Balaban J connectivity index is 0.000000210. The number of hydrogen-bond donors (Lipinski definition) is 2. The Morgan fingerprint density at radius 3 is 1.10 bits per heavy atom. The fourth-order valence-corrected chi connectivity index (χ4v) is 4.01. The molecule has 0 aromatic heterocycles. The summed E-state index contributed by atoms with van der Waals surface area (Å²) in [5, 5.41) is 36.4. The summed E-state index contributed by atoms with van der Waals surface area (Å²) in [5.41, 5.74) is 4.84. The molecule has 0 aliphatic heterocycles. The number of carbonyl (C=O) groups is 3. The van der Waals surface area contributed by atoms with Crippen LogP contribution in [0.15, 0.2) is 106 Å². The molecule has 3 aliphatic rings. The molecule has 0 fully saturated rings. The fourth-order valence-electron chi connectivity index (χ4n) is 4.01. The van der Waals surface area contributed by atoms with Gasteiger partial charge in [0.1, 0.15) is 5.71 Å². The molecule has 0 unspecified atom stereocenters. The van der Waals surface area contributed by atoms with Crippen LogP contribution in [0.4, 0.5) is 0 Å². The molecular formula is C30H20FeN3NaO6. The number of oxime groups is 2. The van der Waals surface area contributed by atoms with Crippen LogP contribution in [-0.4, -0.2) is 44.9 Å².